The molecule has 0 amide bonds. The number of piperidine rings is 1. The van der Waals surface area contributed by atoms with Gasteiger partial charge in [-0.3, -0.25) is 0 Å². The number of aryl methyl sites for hydroxylation is 2. The fourth-order valence-electron chi connectivity index (χ4n) is 5.66. The zero-order chi connectivity index (χ0) is 26.5. The highest BCUT2D eigenvalue weighted by Crippen LogP contribution is 2.44. The smallest absolute Gasteiger partial charge is 0.156 e. The van der Waals surface area contributed by atoms with Crippen LogP contribution < -0.4 is 0 Å². The molecule has 0 unspecified atom stereocenters. The molecule has 0 aliphatic carbocycles. The summed E-state index contributed by atoms with van der Waals surface area (Å²) >= 11 is -0.513. The molecule has 2 aliphatic heterocycles. The molecule has 5 aromatic rings. The highest BCUT2D eigenvalue weighted by Gasteiger charge is 2.25. The fourth-order valence-corrected chi connectivity index (χ4v) is 8.07. The molecular weight excluding hydrogens is 604 g/mol. The Hall–Kier alpha value is -3.31. The molecule has 3 aromatic heterocycles. The third-order valence-corrected chi connectivity index (χ3v) is 10.3. The Morgan fingerprint density at radius 2 is 1.90 bits per heavy atom. The number of halogens is 2. The van der Waals surface area contributed by atoms with Crippen molar-refractivity contribution in [2.75, 3.05) is 19.6 Å². The van der Waals surface area contributed by atoms with E-state index in [1.165, 1.54) is 9.10 Å². The number of likely N-dealkylation sites (tertiary alicyclic amines) is 1. The van der Waals surface area contributed by atoms with Crippen LogP contribution in [0.1, 0.15) is 29.7 Å². The number of nitrogens with zero attached hydrogens (tertiary/aromatic N) is 7. The summed E-state index contributed by atoms with van der Waals surface area (Å²) in [7, 11) is 0. The van der Waals surface area contributed by atoms with E-state index < -0.39 is 21.0 Å². The third kappa shape index (κ3) is 4.71. The summed E-state index contributed by atoms with van der Waals surface area (Å²) < 4.78 is 25.7. The summed E-state index contributed by atoms with van der Waals surface area (Å²) in [6.45, 7) is 8.05. The van der Waals surface area contributed by atoms with Crippen molar-refractivity contribution < 1.29 is 4.39 Å². The van der Waals surface area contributed by atoms with Crippen molar-refractivity contribution in [1.29, 1.82) is 0 Å². The monoisotopic (exact) mass is 633 g/mol. The van der Waals surface area contributed by atoms with Crippen LogP contribution in [0.25, 0.3) is 34.0 Å². The first-order valence-electron chi connectivity index (χ1n) is 13.4. The average Bonchev–Trinajstić information content (AvgIpc) is 3.55. The van der Waals surface area contributed by atoms with Gasteiger partial charge in [-0.25, -0.2) is 22.0 Å². The Morgan fingerprint density at radius 1 is 1.05 bits per heavy atom. The first-order chi connectivity index (χ1) is 19.0. The van der Waals surface area contributed by atoms with Gasteiger partial charge < -0.3 is 9.47 Å². The molecule has 7 nitrogen and oxygen atoms in total. The van der Waals surface area contributed by atoms with Crippen LogP contribution in [0, 0.1) is 25.6 Å². The number of imidazole rings is 2. The van der Waals surface area contributed by atoms with Crippen molar-refractivity contribution in [2.45, 2.75) is 33.2 Å². The molecule has 5 heterocycles. The minimum atomic E-state index is -0.513. The second-order valence-corrected chi connectivity index (χ2v) is 12.7. The molecule has 0 bridgehead atoms. The average molecular weight is 634 g/mol. The highest BCUT2D eigenvalue weighted by molar-refractivity contribution is 14.2. The van der Waals surface area contributed by atoms with E-state index in [1.807, 2.05) is 44.6 Å². The number of rotatable bonds is 5. The number of para-hydroxylation sites is 2. The lowest BCUT2D eigenvalue weighted by molar-refractivity contribution is 0.197. The van der Waals surface area contributed by atoms with E-state index in [0.29, 0.717) is 11.5 Å². The predicted molar refractivity (Wildman–Crippen MR) is 161 cm³/mol. The van der Waals surface area contributed by atoms with Gasteiger partial charge in [0.2, 0.25) is 0 Å². The Bertz CT molecular complexity index is 1780. The molecule has 9 heteroatoms. The minimum Gasteiger partial charge on any atom is -0.329 e. The van der Waals surface area contributed by atoms with Gasteiger partial charge in [-0.15, -0.1) is 0 Å². The van der Waals surface area contributed by atoms with Crippen molar-refractivity contribution in [3.63, 3.8) is 0 Å². The van der Waals surface area contributed by atoms with Gasteiger partial charge in [0.15, 0.2) is 5.65 Å². The summed E-state index contributed by atoms with van der Waals surface area (Å²) in [5, 5.41) is 4.69. The Kier molecular flexibility index (Phi) is 6.35. The van der Waals surface area contributed by atoms with Gasteiger partial charge in [-0.2, -0.15) is 5.10 Å². The van der Waals surface area contributed by atoms with E-state index in [9.17, 15) is 0 Å². The maximum absolute atomic E-state index is 15.4. The van der Waals surface area contributed by atoms with E-state index in [4.69, 9.17) is 3.15 Å². The Balaban J connectivity index is 1.04. The molecular formula is C30H29FIN7. The lowest BCUT2D eigenvalue weighted by Crippen LogP contribution is -2.36. The number of aromatic nitrogens is 5. The van der Waals surface area contributed by atoms with E-state index in [-0.39, 0.29) is 5.82 Å². The van der Waals surface area contributed by atoms with Crippen molar-refractivity contribution >= 4 is 49.5 Å². The molecule has 7 rings (SSSR count). The molecule has 198 valence electrons. The van der Waals surface area contributed by atoms with Crippen LogP contribution in [0.5, 0.6) is 0 Å². The van der Waals surface area contributed by atoms with E-state index in [0.717, 1.165) is 78.4 Å². The van der Waals surface area contributed by atoms with Crippen molar-refractivity contribution in [2.24, 2.45) is 9.06 Å². The van der Waals surface area contributed by atoms with Crippen LogP contribution in [0.2, 0.25) is 0 Å². The third-order valence-electron chi connectivity index (χ3n) is 7.81. The van der Waals surface area contributed by atoms with E-state index >= 15 is 4.39 Å². The molecule has 0 N–H and O–H groups in total. The largest absolute Gasteiger partial charge is 0.329 e. The Morgan fingerprint density at radius 3 is 2.77 bits per heavy atom. The van der Waals surface area contributed by atoms with Gasteiger partial charge in [0.25, 0.3) is 0 Å². The summed E-state index contributed by atoms with van der Waals surface area (Å²) in [6, 6.07) is 13.9. The molecule has 0 saturated carbocycles. The summed E-state index contributed by atoms with van der Waals surface area (Å²) in [6.07, 6.45) is 8.16. The first-order valence-corrected chi connectivity index (χ1v) is 15.4. The maximum atomic E-state index is 15.4. The van der Waals surface area contributed by atoms with Crippen LogP contribution in [-0.4, -0.2) is 48.7 Å². The predicted octanol–water partition coefficient (Wildman–Crippen LogP) is 7.05. The van der Waals surface area contributed by atoms with E-state index in [1.54, 1.807) is 10.6 Å². The normalized spacial score (nSPS) is 16.4. The highest BCUT2D eigenvalue weighted by atomic mass is 127. The van der Waals surface area contributed by atoms with Crippen molar-refractivity contribution in [3.8, 4) is 11.3 Å². The van der Waals surface area contributed by atoms with Crippen molar-refractivity contribution in [3.05, 3.63) is 81.2 Å². The van der Waals surface area contributed by atoms with Gasteiger partial charge in [-0.05, 0) is 87.7 Å². The second kappa shape index (κ2) is 10.0. The molecule has 2 aromatic carbocycles. The topological polar surface area (TPSA) is 63.6 Å². The van der Waals surface area contributed by atoms with E-state index in [2.05, 4.69) is 48.8 Å². The number of benzene rings is 2. The van der Waals surface area contributed by atoms with Gasteiger partial charge in [-0.1, -0.05) is 12.1 Å². The number of hydrogen-bond acceptors (Lipinski definition) is 5. The molecule has 2 aliphatic rings. The molecule has 1 saturated heterocycles. The van der Waals surface area contributed by atoms with Crippen LogP contribution in [0.4, 0.5) is 10.1 Å². The summed E-state index contributed by atoms with van der Waals surface area (Å²) in [4.78, 5) is 11.6. The van der Waals surface area contributed by atoms with Crippen molar-refractivity contribution in [1.82, 2.24) is 29.0 Å². The quantitative estimate of drug-likeness (QED) is 0.195. The SMILES string of the molecule is Cc1cn2nc(-c3cc(F)c4c(c3)N=IC(C3CCN(CCn5cnc6ccccc65)CC3)=C4)cc(C)c2n1. The van der Waals surface area contributed by atoms with Crippen LogP contribution in [0.15, 0.2) is 61.7 Å². The standard InChI is InChI=1S/C30H29FIN7/c1-19-13-27(36-39-17-20(2)34-30(19)39)22-14-24(31)23-16-25(32-35-28(23)15-22)21-7-9-37(10-8-21)11-12-38-18-33-26-5-3-4-6-29(26)38/h3-6,13-18,21H,7-12H2,1-2H3. The molecule has 0 radical (unpaired) electrons. The lowest BCUT2D eigenvalue weighted by Gasteiger charge is -2.32. The minimum absolute atomic E-state index is 0.223. The molecule has 0 atom stereocenters. The zero-order valence-corrected chi connectivity index (χ0v) is 24.1. The number of fused-ring (bicyclic) bond motifs is 3. The van der Waals surface area contributed by atoms with Gasteiger partial charge in [0.05, 0.1) is 40.6 Å². The van der Waals surface area contributed by atoms with Gasteiger partial charge >= 0.3 is 0 Å². The fraction of sp³-hybridized carbons (Fsp3) is 0.300. The van der Waals surface area contributed by atoms with Gasteiger partial charge in [0.1, 0.15) is 5.82 Å². The summed E-state index contributed by atoms with van der Waals surface area (Å²) in [5.41, 5.74) is 7.88. The zero-order valence-electron chi connectivity index (χ0n) is 22.0. The molecule has 39 heavy (non-hydrogen) atoms. The van der Waals surface area contributed by atoms with Crippen LogP contribution in [0.3, 0.4) is 0 Å². The van der Waals surface area contributed by atoms with Crippen LogP contribution >= 0.6 is 21.0 Å². The first kappa shape index (κ1) is 24.7. The molecule has 1 fully saturated rings. The summed E-state index contributed by atoms with van der Waals surface area (Å²) in [5.74, 6) is 0.272. The lowest BCUT2D eigenvalue weighted by atomic mass is 9.95. The Labute approximate surface area is 236 Å². The van der Waals surface area contributed by atoms with Crippen LogP contribution in [-0.2, 0) is 6.54 Å². The second-order valence-electron chi connectivity index (χ2n) is 10.5. The van der Waals surface area contributed by atoms with Gasteiger partial charge in [0, 0.05) is 48.8 Å². The number of allylic oxidation sites excluding steroid dienone is 1. The maximum Gasteiger partial charge on any atom is 0.156 e. The number of hydrogen-bond donors (Lipinski definition) is 0. The molecule has 0 spiro atoms.